The van der Waals surface area contributed by atoms with Crippen molar-refractivity contribution in [3.8, 4) is 0 Å². The summed E-state index contributed by atoms with van der Waals surface area (Å²) in [6.45, 7) is 6.31. The summed E-state index contributed by atoms with van der Waals surface area (Å²) in [6.07, 6.45) is 3.60. The zero-order valence-corrected chi connectivity index (χ0v) is 17.7. The standard InChI is InChI=1S/C21H27N5O2S/c1-3-26(4-2)29(27,28)17-11-12-20(22-14-17)25-13-7-8-16(15-25)21-23-18-9-5-6-10-19(18)24-21/h5-6,9-12,14,16H,3-4,7-8,13,15H2,1-2H3,(H,23,24). The maximum atomic E-state index is 12.7. The fourth-order valence-corrected chi connectivity index (χ4v) is 5.40. The van der Waals surface area contributed by atoms with Crippen LogP contribution in [0.25, 0.3) is 11.0 Å². The van der Waals surface area contributed by atoms with Crippen LogP contribution in [-0.2, 0) is 10.0 Å². The summed E-state index contributed by atoms with van der Waals surface area (Å²) in [5, 5.41) is 0. The van der Waals surface area contributed by atoms with Gasteiger partial charge in [-0.25, -0.2) is 18.4 Å². The second kappa shape index (κ2) is 8.12. The van der Waals surface area contributed by atoms with Crippen LogP contribution in [0.3, 0.4) is 0 Å². The number of fused-ring (bicyclic) bond motifs is 1. The van der Waals surface area contributed by atoms with E-state index in [0.29, 0.717) is 19.0 Å². The van der Waals surface area contributed by atoms with Crippen LogP contribution in [0.15, 0.2) is 47.5 Å². The third-order valence-corrected chi connectivity index (χ3v) is 7.64. The number of imidazole rings is 1. The number of rotatable bonds is 6. The molecule has 154 valence electrons. The molecule has 1 atom stereocenters. The van der Waals surface area contributed by atoms with Crippen LogP contribution in [0, 0.1) is 0 Å². The lowest BCUT2D eigenvalue weighted by Gasteiger charge is -2.32. The first-order valence-electron chi connectivity index (χ1n) is 10.2. The van der Waals surface area contributed by atoms with Gasteiger partial charge in [-0.1, -0.05) is 26.0 Å². The molecule has 1 aromatic carbocycles. The van der Waals surface area contributed by atoms with Gasteiger partial charge in [0.1, 0.15) is 16.5 Å². The summed E-state index contributed by atoms with van der Waals surface area (Å²) < 4.78 is 26.8. The molecule has 3 aromatic rings. The summed E-state index contributed by atoms with van der Waals surface area (Å²) >= 11 is 0. The quantitative estimate of drug-likeness (QED) is 0.670. The zero-order valence-electron chi connectivity index (χ0n) is 16.9. The highest BCUT2D eigenvalue weighted by molar-refractivity contribution is 7.89. The molecule has 0 saturated carbocycles. The molecule has 1 fully saturated rings. The molecule has 4 rings (SSSR count). The number of pyridine rings is 1. The molecular formula is C21H27N5O2S. The van der Waals surface area contributed by atoms with Gasteiger partial charge in [0, 0.05) is 38.3 Å². The largest absolute Gasteiger partial charge is 0.356 e. The SMILES string of the molecule is CCN(CC)S(=O)(=O)c1ccc(N2CCCC(c3nc4ccccc4[nH]3)C2)nc1. The van der Waals surface area contributed by atoms with Gasteiger partial charge in [0.25, 0.3) is 0 Å². The molecule has 3 heterocycles. The maximum Gasteiger partial charge on any atom is 0.244 e. The van der Waals surface area contributed by atoms with E-state index in [-0.39, 0.29) is 4.90 Å². The topological polar surface area (TPSA) is 82.2 Å². The number of H-pyrrole nitrogens is 1. The number of nitrogens with zero attached hydrogens (tertiary/aromatic N) is 4. The first kappa shape index (κ1) is 19.8. The normalized spacial score (nSPS) is 17.9. The van der Waals surface area contributed by atoms with Crippen LogP contribution in [0.2, 0.25) is 0 Å². The number of sulfonamides is 1. The lowest BCUT2D eigenvalue weighted by atomic mass is 9.97. The van der Waals surface area contributed by atoms with Gasteiger partial charge in [0.2, 0.25) is 10.0 Å². The molecule has 0 spiro atoms. The van der Waals surface area contributed by atoms with Crippen molar-refractivity contribution in [1.29, 1.82) is 0 Å². The number of para-hydroxylation sites is 2. The Kier molecular flexibility index (Phi) is 5.56. The third kappa shape index (κ3) is 3.86. The van der Waals surface area contributed by atoms with Crippen molar-refractivity contribution in [1.82, 2.24) is 19.3 Å². The van der Waals surface area contributed by atoms with Crippen molar-refractivity contribution in [2.75, 3.05) is 31.1 Å². The van der Waals surface area contributed by atoms with Gasteiger partial charge < -0.3 is 9.88 Å². The van der Waals surface area contributed by atoms with E-state index in [4.69, 9.17) is 4.98 Å². The molecule has 0 radical (unpaired) electrons. The molecule has 1 saturated heterocycles. The van der Waals surface area contributed by atoms with Crippen molar-refractivity contribution < 1.29 is 8.42 Å². The Hall–Kier alpha value is -2.45. The Balaban J connectivity index is 1.52. The Morgan fingerprint density at radius 3 is 2.66 bits per heavy atom. The maximum absolute atomic E-state index is 12.7. The molecule has 1 N–H and O–H groups in total. The van der Waals surface area contributed by atoms with E-state index in [2.05, 4.69) is 14.9 Å². The van der Waals surface area contributed by atoms with Gasteiger partial charge in [-0.2, -0.15) is 4.31 Å². The highest BCUT2D eigenvalue weighted by Crippen LogP contribution is 2.29. The summed E-state index contributed by atoms with van der Waals surface area (Å²) in [4.78, 5) is 15.2. The van der Waals surface area contributed by atoms with Gasteiger partial charge in [0.05, 0.1) is 11.0 Å². The van der Waals surface area contributed by atoms with E-state index < -0.39 is 10.0 Å². The van der Waals surface area contributed by atoms with Crippen molar-refractivity contribution in [3.05, 3.63) is 48.4 Å². The highest BCUT2D eigenvalue weighted by atomic mass is 32.2. The fraction of sp³-hybridized carbons (Fsp3) is 0.429. The molecule has 1 unspecified atom stereocenters. The number of hydrogen-bond acceptors (Lipinski definition) is 5. The number of benzene rings is 1. The van der Waals surface area contributed by atoms with Crippen LogP contribution in [0.4, 0.5) is 5.82 Å². The van der Waals surface area contributed by atoms with Gasteiger partial charge in [-0.05, 0) is 37.1 Å². The Bertz CT molecular complexity index is 1040. The van der Waals surface area contributed by atoms with Gasteiger partial charge in [-0.15, -0.1) is 0 Å². The third-order valence-electron chi connectivity index (χ3n) is 5.60. The molecule has 0 aliphatic carbocycles. The number of hydrogen-bond donors (Lipinski definition) is 1. The summed E-state index contributed by atoms with van der Waals surface area (Å²) in [5.74, 6) is 2.12. The predicted molar refractivity (Wildman–Crippen MR) is 115 cm³/mol. The van der Waals surface area contributed by atoms with Crippen LogP contribution in [0.5, 0.6) is 0 Å². The van der Waals surface area contributed by atoms with E-state index in [9.17, 15) is 8.42 Å². The van der Waals surface area contributed by atoms with E-state index in [1.54, 1.807) is 6.07 Å². The van der Waals surface area contributed by atoms with Crippen LogP contribution in [0.1, 0.15) is 38.4 Å². The van der Waals surface area contributed by atoms with E-state index in [1.807, 2.05) is 44.2 Å². The van der Waals surface area contributed by atoms with Crippen molar-refractivity contribution in [2.24, 2.45) is 0 Å². The molecule has 2 aromatic heterocycles. The zero-order chi connectivity index (χ0) is 20.4. The number of aromatic nitrogens is 3. The van der Waals surface area contributed by atoms with Crippen molar-refractivity contribution in [2.45, 2.75) is 37.5 Å². The average Bonchev–Trinajstić information content (AvgIpc) is 3.19. The molecule has 1 aliphatic heterocycles. The number of nitrogens with one attached hydrogen (secondary N) is 1. The average molecular weight is 414 g/mol. The molecule has 8 heteroatoms. The van der Waals surface area contributed by atoms with Gasteiger partial charge in [0.15, 0.2) is 0 Å². The Labute approximate surface area is 171 Å². The minimum Gasteiger partial charge on any atom is -0.356 e. The van der Waals surface area contributed by atoms with Gasteiger partial charge >= 0.3 is 0 Å². The first-order valence-corrected chi connectivity index (χ1v) is 11.6. The van der Waals surface area contributed by atoms with Gasteiger partial charge in [-0.3, -0.25) is 0 Å². The Morgan fingerprint density at radius 2 is 1.97 bits per heavy atom. The van der Waals surface area contributed by atoms with E-state index in [0.717, 1.165) is 48.6 Å². The lowest BCUT2D eigenvalue weighted by Crippen LogP contribution is -2.35. The van der Waals surface area contributed by atoms with Crippen molar-refractivity contribution in [3.63, 3.8) is 0 Å². The minimum atomic E-state index is -3.48. The van der Waals surface area contributed by atoms with Crippen molar-refractivity contribution >= 4 is 26.9 Å². The first-order chi connectivity index (χ1) is 14.0. The smallest absolute Gasteiger partial charge is 0.244 e. The van der Waals surface area contributed by atoms with Crippen LogP contribution >= 0.6 is 0 Å². The second-order valence-electron chi connectivity index (χ2n) is 7.37. The number of aromatic amines is 1. The molecule has 7 nitrogen and oxygen atoms in total. The number of piperidine rings is 1. The molecule has 1 aliphatic rings. The van der Waals surface area contributed by atoms with E-state index in [1.165, 1.54) is 10.5 Å². The van der Waals surface area contributed by atoms with E-state index >= 15 is 0 Å². The van der Waals surface area contributed by atoms with Crippen LogP contribution < -0.4 is 4.90 Å². The summed E-state index contributed by atoms with van der Waals surface area (Å²) in [5.41, 5.74) is 2.05. The number of anilines is 1. The summed E-state index contributed by atoms with van der Waals surface area (Å²) in [7, 11) is -3.48. The monoisotopic (exact) mass is 413 g/mol. The Morgan fingerprint density at radius 1 is 1.17 bits per heavy atom. The predicted octanol–water partition coefficient (Wildman–Crippen LogP) is 3.37. The fourth-order valence-electron chi connectivity index (χ4n) is 4.00. The minimum absolute atomic E-state index is 0.246. The molecular weight excluding hydrogens is 386 g/mol. The molecule has 0 bridgehead atoms. The molecule has 0 amide bonds. The highest BCUT2D eigenvalue weighted by Gasteiger charge is 2.26. The molecule has 29 heavy (non-hydrogen) atoms. The second-order valence-corrected chi connectivity index (χ2v) is 9.30. The van der Waals surface area contributed by atoms with Crippen LogP contribution in [-0.4, -0.2) is 53.9 Å². The summed E-state index contributed by atoms with van der Waals surface area (Å²) in [6, 6.07) is 11.6. The lowest BCUT2D eigenvalue weighted by molar-refractivity contribution is 0.445.